The lowest BCUT2D eigenvalue weighted by atomic mass is 10.0. The molecule has 1 aromatic carbocycles. The van der Waals surface area contributed by atoms with Gasteiger partial charge in [-0.1, -0.05) is 12.1 Å². The standard InChI is InChI=1S/C21H13F6N5/c1-11-6-15(21(25,26)27)18(29-8-11)12-2-3-14-16(4-5-28-17(14)7-12)32-19-30-9-13(10-31-19)20(22,23)24/h2-10H,1H3,(H,28,30,31,32). The summed E-state index contributed by atoms with van der Waals surface area (Å²) in [5.74, 6) is -0.0749. The van der Waals surface area contributed by atoms with E-state index in [1.165, 1.54) is 31.5 Å². The van der Waals surface area contributed by atoms with Crippen molar-refractivity contribution in [3.63, 3.8) is 0 Å². The highest BCUT2D eigenvalue weighted by Gasteiger charge is 2.35. The zero-order valence-electron chi connectivity index (χ0n) is 16.3. The summed E-state index contributed by atoms with van der Waals surface area (Å²) in [6, 6.07) is 7.05. The number of fused-ring (bicyclic) bond motifs is 1. The van der Waals surface area contributed by atoms with Crippen LogP contribution in [-0.4, -0.2) is 19.9 Å². The highest BCUT2D eigenvalue weighted by atomic mass is 19.4. The summed E-state index contributed by atoms with van der Waals surface area (Å²) in [6.07, 6.45) is -5.08. The molecule has 4 aromatic rings. The number of nitrogens with one attached hydrogen (secondary N) is 1. The van der Waals surface area contributed by atoms with Crippen molar-refractivity contribution in [1.82, 2.24) is 19.9 Å². The molecule has 32 heavy (non-hydrogen) atoms. The van der Waals surface area contributed by atoms with E-state index in [-0.39, 0.29) is 17.2 Å². The van der Waals surface area contributed by atoms with E-state index >= 15 is 0 Å². The van der Waals surface area contributed by atoms with Crippen molar-refractivity contribution in [3.05, 3.63) is 71.8 Å². The Morgan fingerprint density at radius 1 is 0.781 bits per heavy atom. The van der Waals surface area contributed by atoms with Crippen molar-refractivity contribution >= 4 is 22.5 Å². The zero-order chi connectivity index (χ0) is 23.1. The molecule has 0 aliphatic rings. The largest absolute Gasteiger partial charge is 0.419 e. The van der Waals surface area contributed by atoms with E-state index in [9.17, 15) is 26.3 Å². The fraction of sp³-hybridized carbons (Fsp3) is 0.143. The van der Waals surface area contributed by atoms with Crippen LogP contribution in [0.4, 0.5) is 38.0 Å². The van der Waals surface area contributed by atoms with Gasteiger partial charge in [0.25, 0.3) is 0 Å². The van der Waals surface area contributed by atoms with Crippen LogP contribution < -0.4 is 5.32 Å². The number of benzene rings is 1. The van der Waals surface area contributed by atoms with Gasteiger partial charge in [0.15, 0.2) is 0 Å². The number of alkyl halides is 6. The summed E-state index contributed by atoms with van der Waals surface area (Å²) in [4.78, 5) is 15.5. The molecule has 0 saturated heterocycles. The maximum Gasteiger partial charge on any atom is 0.419 e. The molecular weight excluding hydrogens is 436 g/mol. The minimum atomic E-state index is -4.58. The summed E-state index contributed by atoms with van der Waals surface area (Å²) in [7, 11) is 0. The molecule has 0 spiro atoms. The van der Waals surface area contributed by atoms with Gasteiger partial charge < -0.3 is 5.32 Å². The molecule has 4 rings (SSSR count). The minimum Gasteiger partial charge on any atom is -0.323 e. The van der Waals surface area contributed by atoms with Crippen molar-refractivity contribution in [2.45, 2.75) is 19.3 Å². The van der Waals surface area contributed by atoms with Crippen LogP contribution in [0.2, 0.25) is 0 Å². The molecule has 0 saturated carbocycles. The molecule has 0 radical (unpaired) electrons. The molecule has 0 unspecified atom stereocenters. The first-order valence-corrected chi connectivity index (χ1v) is 9.11. The van der Waals surface area contributed by atoms with Crippen LogP contribution in [0.15, 0.2) is 55.1 Å². The van der Waals surface area contributed by atoms with E-state index in [0.717, 1.165) is 6.07 Å². The number of hydrogen-bond acceptors (Lipinski definition) is 5. The maximum atomic E-state index is 13.5. The fourth-order valence-corrected chi connectivity index (χ4v) is 3.08. The van der Waals surface area contributed by atoms with E-state index in [4.69, 9.17) is 0 Å². The van der Waals surface area contributed by atoms with Crippen LogP contribution >= 0.6 is 0 Å². The zero-order valence-corrected chi connectivity index (χ0v) is 16.3. The summed E-state index contributed by atoms with van der Waals surface area (Å²) in [5, 5.41) is 3.32. The number of aromatic nitrogens is 4. The van der Waals surface area contributed by atoms with Gasteiger partial charge in [-0.2, -0.15) is 26.3 Å². The SMILES string of the molecule is Cc1cnc(-c2ccc3c(Nc4ncc(C(F)(F)F)cn4)ccnc3c2)c(C(F)(F)F)c1. The van der Waals surface area contributed by atoms with Gasteiger partial charge in [0, 0.05) is 35.7 Å². The number of anilines is 2. The second-order valence-corrected chi connectivity index (χ2v) is 6.92. The topological polar surface area (TPSA) is 63.6 Å². The third-order valence-electron chi connectivity index (χ3n) is 4.57. The Morgan fingerprint density at radius 3 is 2.16 bits per heavy atom. The van der Waals surface area contributed by atoms with Crippen molar-refractivity contribution in [3.8, 4) is 11.3 Å². The molecule has 0 fully saturated rings. The average Bonchev–Trinajstić information content (AvgIpc) is 2.73. The van der Waals surface area contributed by atoms with Crippen LogP contribution in [0.3, 0.4) is 0 Å². The number of rotatable bonds is 3. The lowest BCUT2D eigenvalue weighted by Crippen LogP contribution is -2.09. The van der Waals surface area contributed by atoms with Crippen molar-refractivity contribution in [2.24, 2.45) is 0 Å². The number of hydrogen-bond donors (Lipinski definition) is 1. The Morgan fingerprint density at radius 2 is 1.50 bits per heavy atom. The van der Waals surface area contributed by atoms with Crippen LogP contribution in [0.25, 0.3) is 22.2 Å². The van der Waals surface area contributed by atoms with Crippen LogP contribution in [0.1, 0.15) is 16.7 Å². The monoisotopic (exact) mass is 449 g/mol. The van der Waals surface area contributed by atoms with Crippen molar-refractivity contribution in [1.29, 1.82) is 0 Å². The summed E-state index contributed by atoms with van der Waals surface area (Å²) in [6.45, 7) is 1.52. The van der Waals surface area contributed by atoms with Crippen LogP contribution in [-0.2, 0) is 12.4 Å². The van der Waals surface area contributed by atoms with Gasteiger partial charge in [-0.3, -0.25) is 9.97 Å². The van der Waals surface area contributed by atoms with Gasteiger partial charge in [0.05, 0.1) is 28.0 Å². The van der Waals surface area contributed by atoms with E-state index in [0.29, 0.717) is 34.5 Å². The molecule has 0 bridgehead atoms. The predicted molar refractivity (Wildman–Crippen MR) is 105 cm³/mol. The lowest BCUT2D eigenvalue weighted by Gasteiger charge is -2.14. The smallest absolute Gasteiger partial charge is 0.323 e. The van der Waals surface area contributed by atoms with Gasteiger partial charge in [-0.15, -0.1) is 0 Å². The molecule has 0 atom stereocenters. The second-order valence-electron chi connectivity index (χ2n) is 6.92. The third-order valence-corrected chi connectivity index (χ3v) is 4.57. The predicted octanol–water partition coefficient (Wildman–Crippen LogP) is 6.18. The quantitative estimate of drug-likeness (QED) is 0.379. The number of pyridine rings is 2. The van der Waals surface area contributed by atoms with Gasteiger partial charge in [-0.25, -0.2) is 9.97 Å². The molecule has 164 valence electrons. The molecular formula is C21H13F6N5. The van der Waals surface area contributed by atoms with E-state index < -0.39 is 23.5 Å². The first kappa shape index (κ1) is 21.5. The maximum absolute atomic E-state index is 13.5. The Kier molecular flexibility index (Phi) is 5.19. The number of nitrogens with zero attached hydrogens (tertiary/aromatic N) is 4. The lowest BCUT2D eigenvalue weighted by molar-refractivity contribution is -0.138. The number of halogens is 6. The average molecular weight is 449 g/mol. The fourth-order valence-electron chi connectivity index (χ4n) is 3.08. The third kappa shape index (κ3) is 4.32. The van der Waals surface area contributed by atoms with Crippen LogP contribution in [0, 0.1) is 6.92 Å². The minimum absolute atomic E-state index is 0.0749. The molecule has 3 heterocycles. The van der Waals surface area contributed by atoms with E-state index in [1.807, 2.05) is 0 Å². The Bertz CT molecular complexity index is 1280. The summed E-state index contributed by atoms with van der Waals surface area (Å²) < 4.78 is 78.5. The van der Waals surface area contributed by atoms with Crippen molar-refractivity contribution < 1.29 is 26.3 Å². The molecule has 11 heteroatoms. The molecule has 0 aliphatic heterocycles. The van der Waals surface area contributed by atoms with Crippen molar-refractivity contribution in [2.75, 3.05) is 5.32 Å². The molecule has 0 aliphatic carbocycles. The first-order valence-electron chi connectivity index (χ1n) is 9.11. The second kappa shape index (κ2) is 7.74. The highest BCUT2D eigenvalue weighted by Crippen LogP contribution is 2.37. The molecule has 3 aromatic heterocycles. The highest BCUT2D eigenvalue weighted by molar-refractivity contribution is 5.94. The number of aryl methyl sites for hydroxylation is 1. The molecule has 1 N–H and O–H groups in total. The molecule has 0 amide bonds. The van der Waals surface area contributed by atoms with Gasteiger partial charge in [-0.05, 0) is 30.7 Å². The van der Waals surface area contributed by atoms with Gasteiger partial charge in [0.2, 0.25) is 5.95 Å². The summed E-state index contributed by atoms with van der Waals surface area (Å²) >= 11 is 0. The Labute approximate surface area is 177 Å². The Hall–Kier alpha value is -3.76. The van der Waals surface area contributed by atoms with Crippen LogP contribution in [0.5, 0.6) is 0 Å². The first-order chi connectivity index (χ1) is 15.0. The van der Waals surface area contributed by atoms with E-state index in [1.54, 1.807) is 12.1 Å². The van der Waals surface area contributed by atoms with Gasteiger partial charge in [0.1, 0.15) is 0 Å². The summed E-state index contributed by atoms with van der Waals surface area (Å²) in [5.41, 5.74) is -0.689. The normalized spacial score (nSPS) is 12.2. The van der Waals surface area contributed by atoms with E-state index in [2.05, 4.69) is 25.3 Å². The molecule has 5 nitrogen and oxygen atoms in total. The Balaban J connectivity index is 1.71. The van der Waals surface area contributed by atoms with Gasteiger partial charge >= 0.3 is 12.4 Å².